The molecule has 0 aliphatic heterocycles. The molecule has 0 saturated carbocycles. The van der Waals surface area contributed by atoms with Gasteiger partial charge in [-0.1, -0.05) is 11.6 Å². The van der Waals surface area contributed by atoms with Crippen LogP contribution in [0.4, 0.5) is 0 Å². The zero-order chi connectivity index (χ0) is 12.8. The Morgan fingerprint density at radius 2 is 1.44 bits per heavy atom. The predicted molar refractivity (Wildman–Crippen MR) is 65.5 cm³/mol. The third-order valence-electron chi connectivity index (χ3n) is 0.955. The quantitative estimate of drug-likeness (QED) is 0.152. The first kappa shape index (κ1) is 27.9. The smallest absolute Gasteiger partial charge is 1.00 e. The van der Waals surface area contributed by atoms with Crippen LogP contribution in [-0.2, 0) is 28.5 Å². The zero-order valence-corrected chi connectivity index (χ0v) is 17.5. The van der Waals surface area contributed by atoms with E-state index in [2.05, 4.69) is 18.9 Å². The first-order valence-corrected chi connectivity index (χ1v) is 6.09. The molecule has 0 fully saturated rings. The molecule has 0 bridgehead atoms. The number of hydrogen-bond donors (Lipinski definition) is 0. The average Bonchev–Trinajstić information content (AvgIpc) is 2.20. The number of methoxy groups -OCH3 is 2. The van der Waals surface area contributed by atoms with Crippen LogP contribution in [0.25, 0.3) is 0 Å². The van der Waals surface area contributed by atoms with Gasteiger partial charge in [-0.05, 0) is 22.6 Å². The molecule has 0 aromatic rings. The number of esters is 2. The van der Waals surface area contributed by atoms with Crippen LogP contribution in [0.15, 0.2) is 0 Å². The second kappa shape index (κ2) is 23.7. The van der Waals surface area contributed by atoms with Crippen molar-refractivity contribution in [1.29, 1.82) is 0 Å². The molecular formula is C8H14ClI2NaO6. The molecule has 6 nitrogen and oxygen atoms in total. The zero-order valence-electron chi connectivity index (χ0n) is 10.4. The molecule has 0 N–H and O–H groups in total. The van der Waals surface area contributed by atoms with E-state index in [-0.39, 0.29) is 78.8 Å². The van der Waals surface area contributed by atoms with Crippen molar-refractivity contribution in [2.75, 3.05) is 38.1 Å². The SMILES string of the molecule is COCC(=O)OCCl.COCC(=O)OCI.[I-].[Na+]. The first-order chi connectivity index (χ1) is 7.62. The van der Waals surface area contributed by atoms with Gasteiger partial charge < -0.3 is 42.9 Å². The standard InChI is InChI=1S/C4H7ClO3.C4H7IO3.HI.Na/c2*1-7-2-4(6)8-3-5;;/h2*2-3H2,1H3;1H;/q;;;+1/p-1. The summed E-state index contributed by atoms with van der Waals surface area (Å²) in [5, 5.41) is 0. The minimum absolute atomic E-state index is 0. The molecule has 0 aliphatic rings. The van der Waals surface area contributed by atoms with E-state index in [0.717, 1.165) is 0 Å². The molecule has 10 heteroatoms. The number of carbonyl (C=O) groups is 2. The molecule has 0 saturated heterocycles. The Kier molecular flexibility index (Phi) is 36.7. The Bertz CT molecular complexity index is 162. The van der Waals surface area contributed by atoms with Crippen molar-refractivity contribution in [2.45, 2.75) is 0 Å². The van der Waals surface area contributed by atoms with Gasteiger partial charge in [0.05, 0.1) is 0 Å². The van der Waals surface area contributed by atoms with E-state index in [1.807, 2.05) is 22.6 Å². The van der Waals surface area contributed by atoms with Gasteiger partial charge in [-0.15, -0.1) is 0 Å². The third kappa shape index (κ3) is 26.2. The van der Waals surface area contributed by atoms with Crippen LogP contribution >= 0.6 is 34.2 Å². The molecule has 0 aromatic heterocycles. The van der Waals surface area contributed by atoms with E-state index in [0.29, 0.717) is 4.61 Å². The van der Waals surface area contributed by atoms with Gasteiger partial charge in [-0.25, -0.2) is 9.59 Å². The van der Waals surface area contributed by atoms with Gasteiger partial charge in [0, 0.05) is 14.2 Å². The second-order valence-corrected chi connectivity index (χ2v) is 2.96. The molecule has 0 heterocycles. The summed E-state index contributed by atoms with van der Waals surface area (Å²) in [6.07, 6.45) is 0. The Morgan fingerprint density at radius 3 is 1.72 bits per heavy atom. The van der Waals surface area contributed by atoms with Crippen molar-refractivity contribution in [3.05, 3.63) is 0 Å². The Labute approximate surface area is 164 Å². The summed E-state index contributed by atoms with van der Waals surface area (Å²) in [4.78, 5) is 20.5. The minimum Gasteiger partial charge on any atom is -1.00 e. The van der Waals surface area contributed by atoms with E-state index in [1.54, 1.807) is 0 Å². The van der Waals surface area contributed by atoms with Gasteiger partial charge in [-0.3, -0.25) is 0 Å². The van der Waals surface area contributed by atoms with Gasteiger partial charge in [-0.2, -0.15) is 0 Å². The van der Waals surface area contributed by atoms with Crippen molar-refractivity contribution in [3.8, 4) is 0 Å². The Morgan fingerprint density at radius 1 is 1.06 bits per heavy atom. The molecule has 0 rings (SSSR count). The van der Waals surface area contributed by atoms with E-state index in [1.165, 1.54) is 14.2 Å². The number of carbonyl (C=O) groups excluding carboxylic acids is 2. The fraction of sp³-hybridized carbons (Fsp3) is 0.750. The van der Waals surface area contributed by atoms with Crippen molar-refractivity contribution in [2.24, 2.45) is 0 Å². The van der Waals surface area contributed by atoms with Crippen molar-refractivity contribution < 1.29 is 82.1 Å². The van der Waals surface area contributed by atoms with Gasteiger partial charge in [0.1, 0.15) is 17.8 Å². The fourth-order valence-corrected chi connectivity index (χ4v) is 0.910. The molecule has 0 unspecified atom stereocenters. The summed E-state index contributed by atoms with van der Waals surface area (Å²) < 4.78 is 18.1. The van der Waals surface area contributed by atoms with Crippen LogP contribution in [0, 0.1) is 0 Å². The monoisotopic (exact) mass is 518 g/mol. The summed E-state index contributed by atoms with van der Waals surface area (Å²) in [5.74, 6) is -0.760. The molecule has 0 amide bonds. The number of hydrogen-bond acceptors (Lipinski definition) is 6. The number of rotatable bonds is 6. The second-order valence-electron chi connectivity index (χ2n) is 2.12. The minimum atomic E-state index is -0.442. The summed E-state index contributed by atoms with van der Waals surface area (Å²) in [6, 6.07) is -0.109. The fourth-order valence-electron chi connectivity index (χ4n) is 0.441. The van der Waals surface area contributed by atoms with Gasteiger partial charge in [0.2, 0.25) is 0 Å². The van der Waals surface area contributed by atoms with Crippen LogP contribution in [0.3, 0.4) is 0 Å². The van der Waals surface area contributed by atoms with Gasteiger partial charge >= 0.3 is 41.5 Å². The van der Waals surface area contributed by atoms with Crippen LogP contribution in [-0.4, -0.2) is 50.1 Å². The van der Waals surface area contributed by atoms with E-state index >= 15 is 0 Å². The summed E-state index contributed by atoms with van der Waals surface area (Å²) in [7, 11) is 2.87. The average molecular weight is 518 g/mol. The maximum absolute atomic E-state index is 10.3. The first-order valence-electron chi connectivity index (χ1n) is 4.03. The molecule has 0 aliphatic carbocycles. The van der Waals surface area contributed by atoms with Crippen molar-refractivity contribution in [3.63, 3.8) is 0 Å². The van der Waals surface area contributed by atoms with Gasteiger partial charge in [0.25, 0.3) is 0 Å². The molecule has 0 atom stereocenters. The maximum Gasteiger partial charge on any atom is 1.00 e. The number of halogens is 3. The van der Waals surface area contributed by atoms with E-state index in [4.69, 9.17) is 11.6 Å². The topological polar surface area (TPSA) is 71.1 Å². The van der Waals surface area contributed by atoms with E-state index < -0.39 is 5.97 Å². The largest absolute Gasteiger partial charge is 1.00 e. The molecule has 104 valence electrons. The maximum atomic E-state index is 10.3. The third-order valence-corrected chi connectivity index (χ3v) is 1.38. The summed E-state index contributed by atoms with van der Waals surface area (Å²) in [6.45, 7) is 0.00964. The number of ether oxygens (including phenoxy) is 4. The Hall–Kier alpha value is 1.61. The van der Waals surface area contributed by atoms with Crippen LogP contribution in [0.1, 0.15) is 0 Å². The molecule has 0 spiro atoms. The molecule has 0 aromatic carbocycles. The molecule has 0 radical (unpaired) electrons. The van der Waals surface area contributed by atoms with Crippen LogP contribution in [0.2, 0.25) is 0 Å². The van der Waals surface area contributed by atoms with E-state index in [9.17, 15) is 9.59 Å². The van der Waals surface area contributed by atoms with Crippen molar-refractivity contribution >= 4 is 46.1 Å². The normalized spacial score (nSPS) is 7.78. The molecular weight excluding hydrogens is 504 g/mol. The summed E-state index contributed by atoms with van der Waals surface area (Å²) in [5.41, 5.74) is 0. The van der Waals surface area contributed by atoms with Gasteiger partial charge in [0.15, 0.2) is 6.07 Å². The molecule has 18 heavy (non-hydrogen) atoms. The van der Waals surface area contributed by atoms with Crippen LogP contribution in [0.5, 0.6) is 0 Å². The summed E-state index contributed by atoms with van der Waals surface area (Å²) >= 11 is 6.98. The van der Waals surface area contributed by atoms with Crippen LogP contribution < -0.4 is 53.5 Å². The van der Waals surface area contributed by atoms with Crippen molar-refractivity contribution in [1.82, 2.24) is 0 Å². The number of alkyl halides is 2. The predicted octanol–water partition coefficient (Wildman–Crippen LogP) is -5.05. The Balaban J connectivity index is -0.0000000980.